The minimum atomic E-state index is -0.150. The van der Waals surface area contributed by atoms with Crippen LogP contribution in [-0.4, -0.2) is 51.5 Å². The van der Waals surface area contributed by atoms with Gasteiger partial charge in [0.05, 0.1) is 12.6 Å². The second-order valence-corrected chi connectivity index (χ2v) is 7.59. The van der Waals surface area contributed by atoms with Gasteiger partial charge in [0.2, 0.25) is 11.8 Å². The maximum Gasteiger partial charge on any atom is 0.239 e. The molecule has 0 aromatic carbocycles. The van der Waals surface area contributed by atoms with Crippen LogP contribution in [0.25, 0.3) is 0 Å². The van der Waals surface area contributed by atoms with E-state index in [0.717, 1.165) is 19.6 Å². The zero-order chi connectivity index (χ0) is 16.5. The van der Waals surface area contributed by atoms with Crippen LogP contribution in [0.15, 0.2) is 4.52 Å². The highest BCUT2D eigenvalue weighted by atomic mass is 16.5. The molecule has 124 valence electrons. The van der Waals surface area contributed by atoms with E-state index >= 15 is 0 Å². The second kappa shape index (κ2) is 6.36. The predicted molar refractivity (Wildman–Crippen MR) is 84.3 cm³/mol. The monoisotopic (exact) mass is 308 g/mol. The smallest absolute Gasteiger partial charge is 0.239 e. The third kappa shape index (κ3) is 3.85. The van der Waals surface area contributed by atoms with Gasteiger partial charge >= 0.3 is 0 Å². The minimum absolute atomic E-state index is 0.135. The first-order valence-corrected chi connectivity index (χ1v) is 8.04. The Morgan fingerprint density at radius 3 is 2.55 bits per heavy atom. The molecule has 22 heavy (non-hydrogen) atoms. The van der Waals surface area contributed by atoms with Crippen molar-refractivity contribution >= 4 is 5.91 Å². The number of amides is 1. The molecule has 0 N–H and O–H groups in total. The van der Waals surface area contributed by atoms with Gasteiger partial charge < -0.3 is 9.42 Å². The summed E-state index contributed by atoms with van der Waals surface area (Å²) in [5, 5.41) is 4.05. The Kier molecular flexibility index (Phi) is 4.90. The van der Waals surface area contributed by atoms with Crippen molar-refractivity contribution in [2.24, 2.45) is 5.92 Å². The van der Waals surface area contributed by atoms with E-state index < -0.39 is 0 Å². The largest absolute Gasteiger partial charge is 0.340 e. The van der Waals surface area contributed by atoms with E-state index in [1.807, 2.05) is 32.6 Å². The molecule has 1 aromatic heterocycles. The molecule has 1 unspecified atom stereocenters. The van der Waals surface area contributed by atoms with E-state index in [9.17, 15) is 4.79 Å². The average Bonchev–Trinajstić information content (AvgIpc) is 2.86. The molecule has 0 radical (unpaired) electrons. The molecule has 6 nitrogen and oxygen atoms in total. The summed E-state index contributed by atoms with van der Waals surface area (Å²) in [6.07, 6.45) is 0. The quantitative estimate of drug-likeness (QED) is 0.852. The molecular formula is C16H28N4O2. The molecular weight excluding hydrogens is 280 g/mol. The zero-order valence-electron chi connectivity index (χ0n) is 14.6. The van der Waals surface area contributed by atoms with E-state index in [-0.39, 0.29) is 17.4 Å². The lowest BCUT2D eigenvalue weighted by atomic mass is 9.97. The Hall–Kier alpha value is -1.43. The lowest BCUT2D eigenvalue weighted by Crippen LogP contribution is -2.56. The van der Waals surface area contributed by atoms with Gasteiger partial charge in [0, 0.05) is 25.0 Å². The summed E-state index contributed by atoms with van der Waals surface area (Å²) in [6, 6.07) is -0.135. The molecule has 2 rings (SSSR count). The van der Waals surface area contributed by atoms with Gasteiger partial charge in [0.15, 0.2) is 5.82 Å². The third-order valence-corrected chi connectivity index (χ3v) is 3.91. The summed E-state index contributed by atoms with van der Waals surface area (Å²) >= 11 is 0. The summed E-state index contributed by atoms with van der Waals surface area (Å²) in [7, 11) is 0. The van der Waals surface area contributed by atoms with E-state index in [2.05, 4.69) is 28.9 Å². The van der Waals surface area contributed by atoms with E-state index in [4.69, 9.17) is 4.52 Å². The van der Waals surface area contributed by atoms with Crippen LogP contribution in [0.5, 0.6) is 0 Å². The van der Waals surface area contributed by atoms with Crippen LogP contribution in [0.4, 0.5) is 0 Å². The highest BCUT2D eigenvalue weighted by Crippen LogP contribution is 2.21. The Labute approximate surface area is 132 Å². The van der Waals surface area contributed by atoms with Crippen molar-refractivity contribution in [3.63, 3.8) is 0 Å². The van der Waals surface area contributed by atoms with Crippen molar-refractivity contribution < 1.29 is 9.32 Å². The Bertz CT molecular complexity index is 518. The fourth-order valence-electron chi connectivity index (χ4n) is 2.62. The van der Waals surface area contributed by atoms with Gasteiger partial charge in [-0.1, -0.05) is 39.8 Å². The molecule has 1 atom stereocenters. The van der Waals surface area contributed by atoms with Gasteiger partial charge in [-0.3, -0.25) is 9.69 Å². The van der Waals surface area contributed by atoms with Crippen LogP contribution < -0.4 is 0 Å². The maximum absolute atomic E-state index is 12.4. The van der Waals surface area contributed by atoms with Gasteiger partial charge in [-0.25, -0.2) is 0 Å². The SMILES string of the molecule is CC(C)CN1CCN(Cc2noc(C(C)(C)C)n2)C(C)C1=O. The topological polar surface area (TPSA) is 62.5 Å². The van der Waals surface area contributed by atoms with Gasteiger partial charge in [0.25, 0.3) is 0 Å². The molecule has 0 bridgehead atoms. The van der Waals surface area contributed by atoms with Gasteiger partial charge in [-0.15, -0.1) is 0 Å². The van der Waals surface area contributed by atoms with Crippen molar-refractivity contribution in [2.75, 3.05) is 19.6 Å². The van der Waals surface area contributed by atoms with Crippen LogP contribution in [0, 0.1) is 5.92 Å². The number of nitrogens with zero attached hydrogens (tertiary/aromatic N) is 4. The summed E-state index contributed by atoms with van der Waals surface area (Å²) in [5.41, 5.74) is -0.150. The molecule has 1 aromatic rings. The fraction of sp³-hybridized carbons (Fsp3) is 0.812. The highest BCUT2D eigenvalue weighted by Gasteiger charge is 2.32. The Morgan fingerprint density at radius 1 is 1.32 bits per heavy atom. The van der Waals surface area contributed by atoms with Gasteiger partial charge in [-0.2, -0.15) is 4.98 Å². The number of rotatable bonds is 4. The number of carbonyl (C=O) groups is 1. The van der Waals surface area contributed by atoms with Crippen LogP contribution in [-0.2, 0) is 16.8 Å². The first kappa shape index (κ1) is 16.9. The summed E-state index contributed by atoms with van der Waals surface area (Å²) in [6.45, 7) is 15.4. The maximum atomic E-state index is 12.4. The number of carbonyl (C=O) groups excluding carboxylic acids is 1. The first-order chi connectivity index (χ1) is 10.2. The van der Waals surface area contributed by atoms with Crippen LogP contribution in [0.1, 0.15) is 53.3 Å². The normalized spacial score (nSPS) is 21.0. The lowest BCUT2D eigenvalue weighted by molar-refractivity contribution is -0.142. The second-order valence-electron chi connectivity index (χ2n) is 7.59. The fourth-order valence-corrected chi connectivity index (χ4v) is 2.62. The number of hydrogen-bond acceptors (Lipinski definition) is 5. The first-order valence-electron chi connectivity index (χ1n) is 8.04. The Morgan fingerprint density at radius 2 is 2.00 bits per heavy atom. The summed E-state index contributed by atoms with van der Waals surface area (Å²) in [5.74, 6) is 1.98. The van der Waals surface area contributed by atoms with Crippen molar-refractivity contribution in [3.8, 4) is 0 Å². The third-order valence-electron chi connectivity index (χ3n) is 3.91. The zero-order valence-corrected chi connectivity index (χ0v) is 14.6. The predicted octanol–water partition coefficient (Wildman–Crippen LogP) is 2.06. The van der Waals surface area contributed by atoms with Crippen LogP contribution in [0.3, 0.4) is 0 Å². The highest BCUT2D eigenvalue weighted by molar-refractivity contribution is 5.82. The Balaban J connectivity index is 2.00. The van der Waals surface area contributed by atoms with Crippen LogP contribution >= 0.6 is 0 Å². The number of piperazine rings is 1. The van der Waals surface area contributed by atoms with Gasteiger partial charge in [0.1, 0.15) is 0 Å². The van der Waals surface area contributed by atoms with Crippen molar-refractivity contribution in [2.45, 2.75) is 59.5 Å². The molecule has 0 spiro atoms. The van der Waals surface area contributed by atoms with E-state index in [1.54, 1.807) is 0 Å². The minimum Gasteiger partial charge on any atom is -0.340 e. The lowest BCUT2D eigenvalue weighted by Gasteiger charge is -2.39. The van der Waals surface area contributed by atoms with E-state index in [0.29, 0.717) is 24.2 Å². The summed E-state index contributed by atoms with van der Waals surface area (Å²) in [4.78, 5) is 21.0. The van der Waals surface area contributed by atoms with Crippen molar-refractivity contribution in [1.29, 1.82) is 0 Å². The molecule has 6 heteroatoms. The summed E-state index contributed by atoms with van der Waals surface area (Å²) < 4.78 is 5.32. The molecule has 0 saturated carbocycles. The molecule has 0 aliphatic carbocycles. The molecule has 1 fully saturated rings. The van der Waals surface area contributed by atoms with Crippen molar-refractivity contribution in [1.82, 2.24) is 19.9 Å². The molecule has 1 aliphatic rings. The molecule has 1 aliphatic heterocycles. The number of hydrogen-bond donors (Lipinski definition) is 0. The molecule has 2 heterocycles. The average molecular weight is 308 g/mol. The van der Waals surface area contributed by atoms with Crippen LogP contribution in [0.2, 0.25) is 0 Å². The standard InChI is InChI=1S/C16H28N4O2/c1-11(2)9-20-8-7-19(12(3)14(20)21)10-13-17-15(22-18-13)16(4,5)6/h11-12H,7-10H2,1-6H3. The van der Waals surface area contributed by atoms with Gasteiger partial charge in [-0.05, 0) is 12.8 Å². The van der Waals surface area contributed by atoms with Crippen molar-refractivity contribution in [3.05, 3.63) is 11.7 Å². The van der Waals surface area contributed by atoms with E-state index in [1.165, 1.54) is 0 Å². The number of aromatic nitrogens is 2. The molecule has 1 amide bonds. The molecule has 1 saturated heterocycles.